The van der Waals surface area contributed by atoms with E-state index in [9.17, 15) is 0 Å². The second kappa shape index (κ2) is 10.1. The molecule has 0 radical (unpaired) electrons. The fourth-order valence-corrected chi connectivity index (χ4v) is 1.08. The molecule has 0 aromatic carbocycles. The van der Waals surface area contributed by atoms with Crippen LogP contribution < -0.4 is 0 Å². The summed E-state index contributed by atoms with van der Waals surface area (Å²) in [6, 6.07) is 0. The van der Waals surface area contributed by atoms with Crippen LogP contribution in [-0.2, 0) is 9.31 Å². The van der Waals surface area contributed by atoms with E-state index < -0.39 is 0 Å². The molecule has 0 atom stereocenters. The van der Waals surface area contributed by atoms with E-state index >= 15 is 0 Å². The Morgan fingerprint density at radius 3 is 1.77 bits per heavy atom. The topological polar surface area (TPSA) is 18.5 Å². The van der Waals surface area contributed by atoms with Crippen LogP contribution in [0.5, 0.6) is 0 Å². The molecule has 0 saturated carbocycles. The first kappa shape index (κ1) is 13.0. The lowest BCUT2D eigenvalue weighted by Gasteiger charge is -2.13. The molecule has 0 aliphatic carbocycles. The Labute approximate surface area is 83.1 Å². The summed E-state index contributed by atoms with van der Waals surface area (Å²) in [6.07, 6.45) is 5.58. The van der Waals surface area contributed by atoms with E-state index in [1.54, 1.807) is 0 Å². The van der Waals surface area contributed by atoms with Crippen molar-refractivity contribution in [3.8, 4) is 0 Å². The molecular weight excluding hydrogens is 163 g/mol. The molecule has 0 spiro atoms. The van der Waals surface area contributed by atoms with Crippen molar-refractivity contribution in [1.82, 2.24) is 0 Å². The molecule has 0 aromatic heterocycles. The predicted octanol–water partition coefficient (Wildman–Crippen LogP) is 3.13. The lowest BCUT2D eigenvalue weighted by molar-refractivity contribution is 0.196. The molecule has 0 rings (SSSR count). The largest absolute Gasteiger partial charge is 0.456 e. The summed E-state index contributed by atoms with van der Waals surface area (Å²) in [6.45, 7) is 8.07. The molecule has 0 unspecified atom stereocenters. The molecule has 0 amide bonds. The molecule has 0 fully saturated rings. The average Bonchev–Trinajstić information content (AvgIpc) is 2.17. The first-order valence-corrected chi connectivity index (χ1v) is 5.58. The molecule has 3 heteroatoms. The van der Waals surface area contributed by atoms with Crippen molar-refractivity contribution in [2.24, 2.45) is 0 Å². The van der Waals surface area contributed by atoms with Crippen LogP contribution in [0.15, 0.2) is 0 Å². The van der Waals surface area contributed by atoms with Gasteiger partial charge in [0, 0.05) is 13.2 Å². The van der Waals surface area contributed by atoms with Gasteiger partial charge < -0.3 is 9.31 Å². The third-order valence-electron chi connectivity index (χ3n) is 1.81. The van der Waals surface area contributed by atoms with Gasteiger partial charge in [0.1, 0.15) is 0 Å². The van der Waals surface area contributed by atoms with E-state index in [2.05, 4.69) is 20.8 Å². The van der Waals surface area contributed by atoms with Gasteiger partial charge in [-0.15, -0.1) is 0 Å². The van der Waals surface area contributed by atoms with Gasteiger partial charge in [-0.05, 0) is 19.2 Å². The van der Waals surface area contributed by atoms with E-state index in [1.165, 1.54) is 12.8 Å². The van der Waals surface area contributed by atoms with Gasteiger partial charge in [0.2, 0.25) is 0 Å². The summed E-state index contributed by atoms with van der Waals surface area (Å²) < 4.78 is 11.1. The molecule has 0 aromatic rings. The first-order chi connectivity index (χ1) is 6.35. The zero-order chi connectivity index (χ0) is 9.94. The number of unbranched alkanes of at least 4 members (excludes halogenated alkanes) is 1. The number of hydrogen-bond acceptors (Lipinski definition) is 2. The van der Waals surface area contributed by atoms with Gasteiger partial charge in [0.15, 0.2) is 0 Å². The molecule has 78 valence electrons. The van der Waals surface area contributed by atoms with Crippen LogP contribution in [0.25, 0.3) is 0 Å². The normalized spacial score (nSPS) is 10.4. The van der Waals surface area contributed by atoms with Crippen LogP contribution in [0.1, 0.15) is 46.5 Å². The highest BCUT2D eigenvalue weighted by Crippen LogP contribution is 2.05. The standard InChI is InChI=1S/C10H23BO2/c1-4-7-8-11(12-9-5-2)13-10-6-3/h4-10H2,1-3H3. The fraction of sp³-hybridized carbons (Fsp3) is 1.00. The molecule has 0 N–H and O–H groups in total. The monoisotopic (exact) mass is 186 g/mol. The highest BCUT2D eigenvalue weighted by molar-refractivity contribution is 6.44. The van der Waals surface area contributed by atoms with Crippen LogP contribution in [0.2, 0.25) is 6.32 Å². The highest BCUT2D eigenvalue weighted by Gasteiger charge is 2.15. The molecule has 2 nitrogen and oxygen atoms in total. The van der Waals surface area contributed by atoms with Crippen molar-refractivity contribution in [2.45, 2.75) is 52.8 Å². The quantitative estimate of drug-likeness (QED) is 0.515. The van der Waals surface area contributed by atoms with Gasteiger partial charge in [-0.2, -0.15) is 0 Å². The summed E-state index contributed by atoms with van der Waals surface area (Å²) in [5, 5.41) is 0. The minimum absolute atomic E-state index is 0.0415. The smallest absolute Gasteiger partial charge is 0.411 e. The third-order valence-corrected chi connectivity index (χ3v) is 1.81. The summed E-state index contributed by atoms with van der Waals surface area (Å²) in [5.41, 5.74) is 0. The second-order valence-electron chi connectivity index (χ2n) is 3.31. The van der Waals surface area contributed by atoms with E-state index in [4.69, 9.17) is 9.31 Å². The second-order valence-corrected chi connectivity index (χ2v) is 3.31. The zero-order valence-corrected chi connectivity index (χ0v) is 9.34. The van der Waals surface area contributed by atoms with Gasteiger partial charge in [-0.1, -0.05) is 33.6 Å². The lowest BCUT2D eigenvalue weighted by Crippen LogP contribution is -2.23. The average molecular weight is 186 g/mol. The highest BCUT2D eigenvalue weighted by atomic mass is 16.6. The maximum absolute atomic E-state index is 5.57. The minimum Gasteiger partial charge on any atom is -0.411 e. The molecule has 0 bridgehead atoms. The van der Waals surface area contributed by atoms with Gasteiger partial charge in [-0.25, -0.2) is 0 Å². The van der Waals surface area contributed by atoms with Gasteiger partial charge in [-0.3, -0.25) is 0 Å². The first-order valence-electron chi connectivity index (χ1n) is 5.58. The third kappa shape index (κ3) is 8.32. The van der Waals surface area contributed by atoms with Crippen LogP contribution >= 0.6 is 0 Å². The van der Waals surface area contributed by atoms with Gasteiger partial charge in [0.05, 0.1) is 0 Å². The maximum atomic E-state index is 5.57. The van der Waals surface area contributed by atoms with Gasteiger partial charge >= 0.3 is 7.12 Å². The summed E-state index contributed by atoms with van der Waals surface area (Å²) in [7, 11) is 0.0415. The molecule has 0 saturated heterocycles. The number of rotatable bonds is 9. The van der Waals surface area contributed by atoms with Crippen molar-refractivity contribution >= 4 is 7.12 Å². The molecular formula is C10H23BO2. The summed E-state index contributed by atoms with van der Waals surface area (Å²) >= 11 is 0. The molecule has 13 heavy (non-hydrogen) atoms. The van der Waals surface area contributed by atoms with Crippen LogP contribution in [0, 0.1) is 0 Å². The van der Waals surface area contributed by atoms with Crippen LogP contribution in [0.3, 0.4) is 0 Å². The maximum Gasteiger partial charge on any atom is 0.456 e. The van der Waals surface area contributed by atoms with Crippen molar-refractivity contribution in [3.05, 3.63) is 0 Å². The van der Waals surface area contributed by atoms with Crippen LogP contribution in [0.4, 0.5) is 0 Å². The minimum atomic E-state index is 0.0415. The van der Waals surface area contributed by atoms with Crippen LogP contribution in [-0.4, -0.2) is 20.3 Å². The van der Waals surface area contributed by atoms with E-state index in [1.807, 2.05) is 0 Å². The Morgan fingerprint density at radius 2 is 1.38 bits per heavy atom. The molecule has 0 aliphatic rings. The Balaban J connectivity index is 3.47. The molecule has 0 heterocycles. The van der Waals surface area contributed by atoms with E-state index in [0.717, 1.165) is 32.4 Å². The van der Waals surface area contributed by atoms with Crippen molar-refractivity contribution in [3.63, 3.8) is 0 Å². The number of hydrogen-bond donors (Lipinski definition) is 0. The summed E-state index contributed by atoms with van der Waals surface area (Å²) in [5.74, 6) is 0. The predicted molar refractivity (Wildman–Crippen MR) is 58.0 cm³/mol. The molecule has 0 aliphatic heterocycles. The van der Waals surface area contributed by atoms with Gasteiger partial charge in [0.25, 0.3) is 0 Å². The Morgan fingerprint density at radius 1 is 0.846 bits per heavy atom. The SMILES string of the molecule is CCCCB(OCCC)OCCC. The summed E-state index contributed by atoms with van der Waals surface area (Å²) in [4.78, 5) is 0. The Bertz CT molecular complexity index is 79.9. The fourth-order valence-electron chi connectivity index (χ4n) is 1.08. The van der Waals surface area contributed by atoms with Crippen molar-refractivity contribution in [2.75, 3.05) is 13.2 Å². The van der Waals surface area contributed by atoms with E-state index in [-0.39, 0.29) is 7.12 Å². The van der Waals surface area contributed by atoms with E-state index in [0.29, 0.717) is 0 Å². The Kier molecular flexibility index (Phi) is 10.1. The zero-order valence-electron chi connectivity index (χ0n) is 9.34. The lowest BCUT2D eigenvalue weighted by atomic mass is 9.82. The van der Waals surface area contributed by atoms with Crippen molar-refractivity contribution < 1.29 is 9.31 Å². The van der Waals surface area contributed by atoms with Crippen molar-refractivity contribution in [1.29, 1.82) is 0 Å². The Hall–Kier alpha value is -0.0151.